The first-order chi connectivity index (χ1) is 13.5. The maximum Gasteiger partial charge on any atom is 0.324 e. The van der Waals surface area contributed by atoms with Crippen molar-refractivity contribution in [2.75, 3.05) is 5.32 Å². The predicted molar refractivity (Wildman–Crippen MR) is 100 cm³/mol. The Balaban J connectivity index is 1.58. The van der Waals surface area contributed by atoms with Crippen LogP contribution in [0.4, 0.5) is 14.6 Å². The third kappa shape index (κ3) is 3.54. The number of rotatable bonds is 4. The molecule has 0 radical (unpaired) electrons. The van der Waals surface area contributed by atoms with Crippen molar-refractivity contribution in [1.82, 2.24) is 20.2 Å². The molecule has 4 rings (SSSR count). The molecule has 7 nitrogen and oxygen atoms in total. The number of nitrogens with one attached hydrogen (secondary N) is 2. The summed E-state index contributed by atoms with van der Waals surface area (Å²) in [6.07, 6.45) is 1.37. The van der Waals surface area contributed by atoms with E-state index in [-0.39, 0.29) is 23.3 Å². The molecule has 4 aromatic rings. The zero-order chi connectivity index (χ0) is 19.7. The largest absolute Gasteiger partial charge is 0.421 e. The first-order valence-electron chi connectivity index (χ1n) is 7.91. The summed E-state index contributed by atoms with van der Waals surface area (Å²) in [6.45, 7) is 0. The molecule has 2 heterocycles. The van der Waals surface area contributed by atoms with Gasteiger partial charge in [0.15, 0.2) is 17.2 Å². The summed E-state index contributed by atoms with van der Waals surface area (Å²) in [4.78, 5) is 20.5. The first-order valence-corrected chi connectivity index (χ1v) is 8.70. The molecular formula is C18H10BrF2N5O2. The van der Waals surface area contributed by atoms with E-state index in [4.69, 9.17) is 4.74 Å². The van der Waals surface area contributed by atoms with E-state index in [1.807, 2.05) is 0 Å². The Morgan fingerprint density at radius 1 is 1.18 bits per heavy atom. The van der Waals surface area contributed by atoms with Gasteiger partial charge in [-0.1, -0.05) is 12.1 Å². The normalized spacial score (nSPS) is 10.8. The number of anilines is 1. The van der Waals surface area contributed by atoms with Crippen molar-refractivity contribution in [3.05, 3.63) is 70.3 Å². The molecule has 0 saturated carbocycles. The quantitative estimate of drug-likeness (QED) is 0.484. The molecule has 0 aliphatic heterocycles. The molecule has 0 spiro atoms. The van der Waals surface area contributed by atoms with Crippen LogP contribution in [0.3, 0.4) is 0 Å². The number of aromatic amines is 1. The van der Waals surface area contributed by atoms with Crippen molar-refractivity contribution in [1.29, 1.82) is 0 Å². The molecule has 0 fully saturated rings. The fourth-order valence-corrected chi connectivity index (χ4v) is 2.88. The molecule has 0 saturated heterocycles. The van der Waals surface area contributed by atoms with Crippen LogP contribution in [0.1, 0.15) is 10.4 Å². The zero-order valence-electron chi connectivity index (χ0n) is 13.9. The van der Waals surface area contributed by atoms with Gasteiger partial charge in [-0.15, -0.1) is 0 Å². The Kier molecular flexibility index (Phi) is 4.70. The number of fused-ring (bicyclic) bond motifs is 1. The van der Waals surface area contributed by atoms with Gasteiger partial charge in [-0.2, -0.15) is 10.1 Å². The lowest BCUT2D eigenvalue weighted by atomic mass is 10.2. The highest BCUT2D eigenvalue weighted by atomic mass is 79.9. The van der Waals surface area contributed by atoms with Crippen LogP contribution in [0.15, 0.2) is 53.1 Å². The molecule has 10 heteroatoms. The van der Waals surface area contributed by atoms with Crippen molar-refractivity contribution < 1.29 is 18.3 Å². The fraction of sp³-hybridized carbons (Fsp3) is 0. The molecule has 0 aliphatic rings. The minimum absolute atomic E-state index is 0.173. The molecule has 2 aromatic heterocycles. The van der Waals surface area contributed by atoms with Gasteiger partial charge in [0.05, 0.1) is 10.9 Å². The zero-order valence-corrected chi connectivity index (χ0v) is 15.5. The van der Waals surface area contributed by atoms with Gasteiger partial charge in [-0.3, -0.25) is 9.89 Å². The number of carbonyl (C=O) groups is 1. The third-order valence-electron chi connectivity index (χ3n) is 3.74. The number of carbonyl (C=O) groups excluding carboxylic acids is 1. The summed E-state index contributed by atoms with van der Waals surface area (Å²) in [7, 11) is 0. The van der Waals surface area contributed by atoms with Crippen LogP contribution < -0.4 is 10.1 Å². The SMILES string of the molecule is O=C(Nc1[nH]nc2nc(Oc3ccc(F)cc3F)ncc12)c1ccccc1Br. The van der Waals surface area contributed by atoms with Gasteiger partial charge in [0.1, 0.15) is 11.6 Å². The summed E-state index contributed by atoms with van der Waals surface area (Å²) < 4.78 is 32.5. The summed E-state index contributed by atoms with van der Waals surface area (Å²) >= 11 is 3.32. The summed E-state index contributed by atoms with van der Waals surface area (Å²) in [5, 5.41) is 9.79. The number of nitrogens with zero attached hydrogens (tertiary/aromatic N) is 3. The number of benzene rings is 2. The average molecular weight is 446 g/mol. The fourth-order valence-electron chi connectivity index (χ4n) is 2.41. The minimum atomic E-state index is -0.882. The minimum Gasteiger partial charge on any atom is -0.421 e. The number of ether oxygens (including phenoxy) is 1. The van der Waals surface area contributed by atoms with Gasteiger partial charge in [0.25, 0.3) is 5.91 Å². The molecule has 0 aliphatic carbocycles. The number of amides is 1. The van der Waals surface area contributed by atoms with E-state index in [0.29, 0.717) is 27.3 Å². The van der Waals surface area contributed by atoms with Gasteiger partial charge in [0, 0.05) is 16.7 Å². The van der Waals surface area contributed by atoms with E-state index in [1.54, 1.807) is 24.3 Å². The maximum absolute atomic E-state index is 13.7. The van der Waals surface area contributed by atoms with Crippen LogP contribution in [-0.4, -0.2) is 26.1 Å². The van der Waals surface area contributed by atoms with E-state index < -0.39 is 11.6 Å². The summed E-state index contributed by atoms with van der Waals surface area (Å²) in [5.74, 6) is -1.88. The van der Waals surface area contributed by atoms with Crippen LogP contribution in [0, 0.1) is 11.6 Å². The predicted octanol–water partition coefficient (Wildman–Crippen LogP) is 4.44. The molecule has 2 aromatic carbocycles. The van der Waals surface area contributed by atoms with E-state index in [2.05, 4.69) is 41.4 Å². The highest BCUT2D eigenvalue weighted by Gasteiger charge is 2.15. The molecule has 140 valence electrons. The monoisotopic (exact) mass is 445 g/mol. The second-order valence-corrected chi connectivity index (χ2v) is 6.45. The third-order valence-corrected chi connectivity index (χ3v) is 4.43. The average Bonchev–Trinajstić information content (AvgIpc) is 3.06. The van der Waals surface area contributed by atoms with Crippen molar-refractivity contribution >= 4 is 38.7 Å². The molecule has 0 unspecified atom stereocenters. The lowest BCUT2D eigenvalue weighted by Crippen LogP contribution is -2.13. The summed E-state index contributed by atoms with van der Waals surface area (Å²) in [6, 6.07) is 9.66. The van der Waals surface area contributed by atoms with E-state index in [9.17, 15) is 13.6 Å². The smallest absolute Gasteiger partial charge is 0.324 e. The van der Waals surface area contributed by atoms with Gasteiger partial charge < -0.3 is 10.1 Å². The number of H-pyrrole nitrogens is 1. The highest BCUT2D eigenvalue weighted by molar-refractivity contribution is 9.10. The number of aromatic nitrogens is 4. The van der Waals surface area contributed by atoms with Crippen molar-refractivity contribution in [3.8, 4) is 11.8 Å². The second kappa shape index (κ2) is 7.31. The number of hydrogen-bond donors (Lipinski definition) is 2. The van der Waals surface area contributed by atoms with Gasteiger partial charge in [0.2, 0.25) is 0 Å². The van der Waals surface area contributed by atoms with Crippen molar-refractivity contribution in [2.24, 2.45) is 0 Å². The topological polar surface area (TPSA) is 92.8 Å². The van der Waals surface area contributed by atoms with Crippen LogP contribution in [0.25, 0.3) is 11.0 Å². The van der Waals surface area contributed by atoms with Gasteiger partial charge in [-0.05, 0) is 40.2 Å². The molecule has 2 N–H and O–H groups in total. The second-order valence-electron chi connectivity index (χ2n) is 5.60. The molecule has 28 heavy (non-hydrogen) atoms. The molecule has 1 amide bonds. The van der Waals surface area contributed by atoms with Crippen molar-refractivity contribution in [2.45, 2.75) is 0 Å². The Hall–Kier alpha value is -3.40. The summed E-state index contributed by atoms with van der Waals surface area (Å²) in [5.41, 5.74) is 0.646. The van der Waals surface area contributed by atoms with Crippen molar-refractivity contribution in [3.63, 3.8) is 0 Å². The Morgan fingerprint density at radius 3 is 2.79 bits per heavy atom. The maximum atomic E-state index is 13.7. The van der Waals surface area contributed by atoms with Crippen LogP contribution in [-0.2, 0) is 0 Å². The lowest BCUT2D eigenvalue weighted by molar-refractivity contribution is 0.102. The van der Waals surface area contributed by atoms with Crippen LogP contribution >= 0.6 is 15.9 Å². The van der Waals surface area contributed by atoms with Gasteiger partial charge in [-0.25, -0.2) is 13.8 Å². The number of halogens is 3. The van der Waals surface area contributed by atoms with Crippen LogP contribution in [0.2, 0.25) is 0 Å². The van der Waals surface area contributed by atoms with Gasteiger partial charge >= 0.3 is 6.01 Å². The number of hydrogen-bond acceptors (Lipinski definition) is 5. The first kappa shape index (κ1) is 18.0. The molecule has 0 atom stereocenters. The van der Waals surface area contributed by atoms with E-state index in [1.165, 1.54) is 6.20 Å². The Labute approximate surface area is 164 Å². The lowest BCUT2D eigenvalue weighted by Gasteiger charge is -2.06. The highest BCUT2D eigenvalue weighted by Crippen LogP contribution is 2.26. The van der Waals surface area contributed by atoms with E-state index >= 15 is 0 Å². The van der Waals surface area contributed by atoms with E-state index in [0.717, 1.165) is 12.1 Å². The molecule has 0 bridgehead atoms. The van der Waals surface area contributed by atoms with Crippen LogP contribution in [0.5, 0.6) is 11.8 Å². The standard InChI is InChI=1S/C18H10BrF2N5O2/c19-12-4-2-1-3-10(12)17(27)23-15-11-8-22-18(24-16(11)26-25-15)28-14-6-5-9(20)7-13(14)21/h1-8H,(H2,22,23,24,25,26,27). The Morgan fingerprint density at radius 2 is 2.00 bits per heavy atom. The Bertz CT molecular complexity index is 1200. The molecular weight excluding hydrogens is 436 g/mol.